The molecule has 9 nitrogen and oxygen atoms in total. The number of carbonyl (C=O) groups is 1. The highest BCUT2D eigenvalue weighted by molar-refractivity contribution is 5.92. The van der Waals surface area contributed by atoms with Crippen LogP contribution in [0.4, 0.5) is 5.82 Å². The highest BCUT2D eigenvalue weighted by Gasteiger charge is 2.56. The molecule has 3 heterocycles. The zero-order valence-corrected chi connectivity index (χ0v) is 13.7. The van der Waals surface area contributed by atoms with Crippen molar-refractivity contribution in [3.63, 3.8) is 0 Å². The molecule has 4 atom stereocenters. The van der Waals surface area contributed by atoms with E-state index < -0.39 is 36.6 Å². The lowest BCUT2D eigenvalue weighted by atomic mass is 9.96. The van der Waals surface area contributed by atoms with E-state index >= 15 is 0 Å². The summed E-state index contributed by atoms with van der Waals surface area (Å²) in [5.41, 5.74) is 5.04. The van der Waals surface area contributed by atoms with Crippen LogP contribution in [-0.2, 0) is 14.3 Å². The molecule has 4 unspecified atom stereocenters. The molecule has 0 saturated carbocycles. The van der Waals surface area contributed by atoms with Crippen LogP contribution in [0.1, 0.15) is 25.6 Å². The number of aliphatic hydroxyl groups is 2. The van der Waals surface area contributed by atoms with E-state index in [9.17, 15) is 15.0 Å². The number of hydrogen-bond donors (Lipinski definition) is 3. The van der Waals surface area contributed by atoms with Gasteiger partial charge >= 0.3 is 5.97 Å². The molecule has 0 spiro atoms. The Kier molecular flexibility index (Phi) is 4.12. The van der Waals surface area contributed by atoms with E-state index in [0.717, 1.165) is 0 Å². The average Bonchev–Trinajstić information content (AvgIpc) is 3.04. The number of aliphatic hydroxyl groups excluding tert-OH is 1. The van der Waals surface area contributed by atoms with Crippen molar-refractivity contribution in [1.29, 1.82) is 0 Å². The molecule has 3 rings (SSSR count). The topological polar surface area (TPSA) is 133 Å². The minimum Gasteiger partial charge on any atom is -0.456 e. The van der Waals surface area contributed by atoms with Crippen LogP contribution in [0.3, 0.4) is 0 Å². The van der Waals surface area contributed by atoms with Crippen molar-refractivity contribution in [3.8, 4) is 12.3 Å². The number of fused-ring (bicyclic) bond motifs is 1. The number of carbonyl (C=O) groups excluding carboxylic acids is 1. The minimum atomic E-state index is -1.64. The maximum atomic E-state index is 11.4. The molecule has 0 radical (unpaired) electrons. The molecule has 132 valence electrons. The second kappa shape index (κ2) is 6.00. The third kappa shape index (κ3) is 2.60. The van der Waals surface area contributed by atoms with Gasteiger partial charge < -0.3 is 30.0 Å². The lowest BCUT2D eigenvalue weighted by molar-refractivity contribution is -0.161. The van der Waals surface area contributed by atoms with Gasteiger partial charge in [0.1, 0.15) is 29.5 Å². The molecule has 4 N–H and O–H groups in total. The zero-order valence-electron chi connectivity index (χ0n) is 13.7. The number of ether oxygens (including phenoxy) is 2. The molecule has 2 aromatic rings. The van der Waals surface area contributed by atoms with Gasteiger partial charge in [0.05, 0.1) is 17.6 Å². The Morgan fingerprint density at radius 2 is 2.32 bits per heavy atom. The number of anilines is 1. The van der Waals surface area contributed by atoms with Crippen LogP contribution >= 0.6 is 0 Å². The van der Waals surface area contributed by atoms with Crippen LogP contribution in [-0.4, -0.2) is 55.1 Å². The highest BCUT2D eigenvalue weighted by atomic mass is 16.6. The van der Waals surface area contributed by atoms with Crippen molar-refractivity contribution in [3.05, 3.63) is 18.1 Å². The van der Waals surface area contributed by atoms with Gasteiger partial charge in [0.15, 0.2) is 12.3 Å². The number of nitrogens with two attached hydrogens (primary N) is 1. The number of aromatic nitrogens is 3. The van der Waals surface area contributed by atoms with E-state index in [2.05, 4.69) is 15.9 Å². The highest BCUT2D eigenvalue weighted by Crippen LogP contribution is 2.42. The van der Waals surface area contributed by atoms with E-state index in [4.69, 9.17) is 21.6 Å². The standard InChI is InChI=1S/C16H18N4O5/c1-4-9-5-20(14-11(9)13(17)18-7-19-14)15-16(3,23)12(24-8(2)22)10(6-21)25-15/h1,5,7,10,12,15,21,23H,6H2,2-3H3,(H2,17,18,19). The van der Waals surface area contributed by atoms with E-state index in [1.165, 1.54) is 24.7 Å². The predicted octanol–water partition coefficient (Wildman–Crippen LogP) is -0.433. The van der Waals surface area contributed by atoms with Gasteiger partial charge in [-0.25, -0.2) is 9.97 Å². The fourth-order valence-corrected chi connectivity index (χ4v) is 3.15. The van der Waals surface area contributed by atoms with Crippen molar-refractivity contribution in [2.45, 2.75) is 37.9 Å². The summed E-state index contributed by atoms with van der Waals surface area (Å²) in [6.45, 7) is 2.23. The number of terminal acetylenes is 1. The van der Waals surface area contributed by atoms with Crippen molar-refractivity contribution in [1.82, 2.24) is 14.5 Å². The van der Waals surface area contributed by atoms with E-state index in [0.29, 0.717) is 16.6 Å². The summed E-state index contributed by atoms with van der Waals surface area (Å²) in [5, 5.41) is 21.0. The number of nitrogens with zero attached hydrogens (tertiary/aromatic N) is 3. The van der Waals surface area contributed by atoms with Crippen LogP contribution in [0.25, 0.3) is 11.0 Å². The van der Waals surface area contributed by atoms with E-state index in [1.807, 2.05) is 0 Å². The van der Waals surface area contributed by atoms with Gasteiger partial charge in [0.25, 0.3) is 0 Å². The molecule has 1 saturated heterocycles. The van der Waals surface area contributed by atoms with Crippen LogP contribution < -0.4 is 5.73 Å². The molecule has 0 aliphatic carbocycles. The summed E-state index contributed by atoms with van der Waals surface area (Å²) in [6.07, 6.45) is 5.37. The van der Waals surface area contributed by atoms with Crippen molar-refractivity contribution in [2.24, 2.45) is 0 Å². The first kappa shape index (κ1) is 17.2. The first-order chi connectivity index (χ1) is 11.8. The Morgan fingerprint density at radius 3 is 2.92 bits per heavy atom. The SMILES string of the molecule is C#Cc1cn(C2OC(CO)C(OC(C)=O)C2(C)O)c2ncnc(N)c12. The summed E-state index contributed by atoms with van der Waals surface area (Å²) in [7, 11) is 0. The molecule has 1 aliphatic rings. The molecule has 1 aliphatic heterocycles. The molecule has 0 amide bonds. The zero-order chi connectivity index (χ0) is 18.4. The second-order valence-corrected chi connectivity index (χ2v) is 6.02. The number of esters is 1. The van der Waals surface area contributed by atoms with Gasteiger partial charge in [-0.05, 0) is 6.92 Å². The quantitative estimate of drug-likeness (QED) is 0.503. The number of nitrogen functional groups attached to an aromatic ring is 1. The molecule has 2 aromatic heterocycles. The molecule has 9 heteroatoms. The van der Waals surface area contributed by atoms with Crippen LogP contribution in [0.2, 0.25) is 0 Å². The summed E-state index contributed by atoms with van der Waals surface area (Å²) < 4.78 is 12.4. The minimum absolute atomic E-state index is 0.199. The maximum Gasteiger partial charge on any atom is 0.303 e. The van der Waals surface area contributed by atoms with Gasteiger partial charge in [-0.2, -0.15) is 0 Å². The Labute approximate surface area is 143 Å². The Bertz CT molecular complexity index is 869. The van der Waals surface area contributed by atoms with Gasteiger partial charge in [-0.15, -0.1) is 6.42 Å². The van der Waals surface area contributed by atoms with Crippen molar-refractivity contribution < 1.29 is 24.5 Å². The predicted molar refractivity (Wildman–Crippen MR) is 87.0 cm³/mol. The normalized spacial score (nSPS) is 28.8. The number of rotatable bonds is 3. The van der Waals surface area contributed by atoms with Crippen LogP contribution in [0.15, 0.2) is 12.5 Å². The third-order valence-electron chi connectivity index (χ3n) is 4.24. The van der Waals surface area contributed by atoms with Crippen LogP contribution in [0.5, 0.6) is 0 Å². The van der Waals surface area contributed by atoms with Crippen molar-refractivity contribution >= 4 is 22.8 Å². The summed E-state index contributed by atoms with van der Waals surface area (Å²) in [4.78, 5) is 19.5. The van der Waals surface area contributed by atoms with Gasteiger partial charge in [-0.1, -0.05) is 5.92 Å². The monoisotopic (exact) mass is 346 g/mol. The lowest BCUT2D eigenvalue weighted by Gasteiger charge is -2.29. The van der Waals surface area contributed by atoms with Gasteiger partial charge in [0.2, 0.25) is 0 Å². The van der Waals surface area contributed by atoms with E-state index in [1.54, 1.807) is 6.20 Å². The average molecular weight is 346 g/mol. The fourth-order valence-electron chi connectivity index (χ4n) is 3.15. The summed E-state index contributed by atoms with van der Waals surface area (Å²) in [5.74, 6) is 2.10. The molecule has 25 heavy (non-hydrogen) atoms. The Morgan fingerprint density at radius 1 is 1.60 bits per heavy atom. The Hall–Kier alpha value is -2.67. The molecule has 0 aromatic carbocycles. The lowest BCUT2D eigenvalue weighted by Crippen LogP contribution is -2.46. The number of hydrogen-bond acceptors (Lipinski definition) is 8. The summed E-state index contributed by atoms with van der Waals surface area (Å²) >= 11 is 0. The van der Waals surface area contributed by atoms with Crippen LogP contribution in [0, 0.1) is 12.3 Å². The maximum absolute atomic E-state index is 11.4. The van der Waals surface area contributed by atoms with Gasteiger partial charge in [-0.3, -0.25) is 4.79 Å². The first-order valence-corrected chi connectivity index (χ1v) is 7.54. The largest absolute Gasteiger partial charge is 0.456 e. The molecule has 1 fully saturated rings. The third-order valence-corrected chi connectivity index (χ3v) is 4.24. The first-order valence-electron chi connectivity index (χ1n) is 7.54. The molecular weight excluding hydrogens is 328 g/mol. The van der Waals surface area contributed by atoms with Crippen molar-refractivity contribution in [2.75, 3.05) is 12.3 Å². The second-order valence-electron chi connectivity index (χ2n) is 6.02. The molecular formula is C16H18N4O5. The van der Waals surface area contributed by atoms with E-state index in [-0.39, 0.29) is 5.82 Å². The summed E-state index contributed by atoms with van der Waals surface area (Å²) in [6, 6.07) is 0. The Balaban J connectivity index is 2.14. The smallest absolute Gasteiger partial charge is 0.303 e. The van der Waals surface area contributed by atoms with Gasteiger partial charge in [0, 0.05) is 13.1 Å². The molecule has 0 bridgehead atoms. The fraction of sp³-hybridized carbons (Fsp3) is 0.438.